The fraction of sp³-hybridized carbons (Fsp3) is 0.538. The van der Waals surface area contributed by atoms with E-state index in [1.807, 2.05) is 12.1 Å². The molecule has 0 bridgehead atoms. The third-order valence-electron chi connectivity index (χ3n) is 2.28. The van der Waals surface area contributed by atoms with Crippen molar-refractivity contribution in [3.8, 4) is 5.75 Å². The molecule has 0 aliphatic heterocycles. The summed E-state index contributed by atoms with van der Waals surface area (Å²) in [7, 11) is 0. The number of hydrogen-bond acceptors (Lipinski definition) is 3. The molecule has 1 aromatic rings. The van der Waals surface area contributed by atoms with Gasteiger partial charge < -0.3 is 15.2 Å². The number of nitrogens with one attached hydrogen (secondary N) is 1. The Bertz CT molecular complexity index is 360. The Labute approximate surface area is 125 Å². The van der Waals surface area contributed by atoms with Crippen molar-refractivity contribution >= 4 is 31.9 Å². The maximum Gasteiger partial charge on any atom is 0.147 e. The number of halogens is 2. The van der Waals surface area contributed by atoms with Gasteiger partial charge >= 0.3 is 0 Å². The summed E-state index contributed by atoms with van der Waals surface area (Å²) in [5, 5.41) is 12.6. The van der Waals surface area contributed by atoms with Crippen LogP contribution in [0.25, 0.3) is 0 Å². The van der Waals surface area contributed by atoms with E-state index in [0.717, 1.165) is 34.2 Å². The summed E-state index contributed by atoms with van der Waals surface area (Å²) in [6.07, 6.45) is 0.646. The van der Waals surface area contributed by atoms with Gasteiger partial charge in [-0.15, -0.1) is 0 Å². The molecular weight excluding hydrogens is 362 g/mol. The number of benzene rings is 1. The molecule has 1 aromatic carbocycles. The Kier molecular flexibility index (Phi) is 7.22. The summed E-state index contributed by atoms with van der Waals surface area (Å²) in [4.78, 5) is 0. The van der Waals surface area contributed by atoms with Crippen molar-refractivity contribution in [1.29, 1.82) is 0 Å². The average molecular weight is 381 g/mol. The highest BCUT2D eigenvalue weighted by Gasteiger charge is 2.10. The summed E-state index contributed by atoms with van der Waals surface area (Å²) in [5.74, 6) is 0.732. The number of rotatable bonds is 7. The first-order valence-electron chi connectivity index (χ1n) is 6.04. The first-order chi connectivity index (χ1) is 8.54. The van der Waals surface area contributed by atoms with Crippen LogP contribution < -0.4 is 10.1 Å². The van der Waals surface area contributed by atoms with Crippen LogP contribution in [0.4, 0.5) is 0 Å². The lowest BCUT2D eigenvalue weighted by Crippen LogP contribution is -2.15. The molecule has 0 amide bonds. The highest BCUT2D eigenvalue weighted by atomic mass is 79.9. The number of ether oxygens (including phenoxy) is 1. The molecule has 18 heavy (non-hydrogen) atoms. The lowest BCUT2D eigenvalue weighted by molar-refractivity contribution is 0.122. The van der Waals surface area contributed by atoms with Crippen LogP contribution in [0.2, 0.25) is 0 Å². The highest BCUT2D eigenvalue weighted by molar-refractivity contribution is 9.11. The Hall–Kier alpha value is -0.100. The van der Waals surface area contributed by atoms with Crippen LogP contribution in [-0.2, 0) is 6.54 Å². The molecule has 3 nitrogen and oxygen atoms in total. The van der Waals surface area contributed by atoms with Gasteiger partial charge in [-0.2, -0.15) is 0 Å². The SMILES string of the molecule is CCCNCc1cc(Br)c(OCC(C)O)c(Br)c1. The Morgan fingerprint density at radius 3 is 2.44 bits per heavy atom. The van der Waals surface area contributed by atoms with Gasteiger partial charge in [-0.3, -0.25) is 0 Å². The number of aliphatic hydroxyl groups is 1. The monoisotopic (exact) mass is 379 g/mol. The van der Waals surface area contributed by atoms with E-state index in [9.17, 15) is 5.11 Å². The van der Waals surface area contributed by atoms with Crippen LogP contribution in [0.5, 0.6) is 5.75 Å². The lowest BCUT2D eigenvalue weighted by Gasteiger charge is -2.13. The molecule has 0 saturated heterocycles. The predicted molar refractivity (Wildman–Crippen MR) is 81.0 cm³/mol. The predicted octanol–water partition coefficient (Wildman–Crippen LogP) is 3.47. The van der Waals surface area contributed by atoms with Crippen molar-refractivity contribution in [3.05, 3.63) is 26.6 Å². The number of hydrogen-bond donors (Lipinski definition) is 2. The molecular formula is C13H19Br2NO2. The van der Waals surface area contributed by atoms with E-state index in [0.29, 0.717) is 0 Å². The second kappa shape index (κ2) is 8.15. The first kappa shape index (κ1) is 16.0. The molecule has 0 heterocycles. The Morgan fingerprint density at radius 1 is 1.33 bits per heavy atom. The Morgan fingerprint density at radius 2 is 1.94 bits per heavy atom. The van der Waals surface area contributed by atoms with Crippen molar-refractivity contribution < 1.29 is 9.84 Å². The molecule has 0 spiro atoms. The average Bonchev–Trinajstić information content (AvgIpc) is 2.28. The zero-order valence-electron chi connectivity index (χ0n) is 10.7. The van der Waals surface area contributed by atoms with E-state index in [2.05, 4.69) is 44.1 Å². The molecule has 0 aliphatic carbocycles. The topological polar surface area (TPSA) is 41.5 Å². The minimum Gasteiger partial charge on any atom is -0.489 e. The summed E-state index contributed by atoms with van der Waals surface area (Å²) in [5.41, 5.74) is 1.19. The van der Waals surface area contributed by atoms with E-state index in [4.69, 9.17) is 4.74 Å². The molecule has 2 N–H and O–H groups in total. The van der Waals surface area contributed by atoms with E-state index < -0.39 is 6.10 Å². The van der Waals surface area contributed by atoms with Crippen LogP contribution in [0.3, 0.4) is 0 Å². The second-order valence-corrected chi connectivity index (χ2v) is 5.93. The van der Waals surface area contributed by atoms with Gasteiger partial charge in [-0.25, -0.2) is 0 Å². The van der Waals surface area contributed by atoms with Gasteiger partial charge in [0.15, 0.2) is 0 Å². The summed E-state index contributed by atoms with van der Waals surface area (Å²) in [6.45, 7) is 5.97. The highest BCUT2D eigenvalue weighted by Crippen LogP contribution is 2.34. The quantitative estimate of drug-likeness (QED) is 0.711. The smallest absolute Gasteiger partial charge is 0.147 e. The Balaban J connectivity index is 2.71. The maximum atomic E-state index is 9.23. The minimum absolute atomic E-state index is 0.282. The molecule has 0 fully saturated rings. The van der Waals surface area contributed by atoms with Crippen LogP contribution in [0.1, 0.15) is 25.8 Å². The maximum absolute atomic E-state index is 9.23. The largest absolute Gasteiger partial charge is 0.489 e. The molecule has 0 radical (unpaired) electrons. The molecule has 102 valence electrons. The van der Waals surface area contributed by atoms with Gasteiger partial charge in [-0.1, -0.05) is 6.92 Å². The van der Waals surface area contributed by atoms with Gasteiger partial charge in [0.05, 0.1) is 15.0 Å². The summed E-state index contributed by atoms with van der Waals surface area (Å²) in [6, 6.07) is 4.07. The van der Waals surface area contributed by atoms with E-state index in [-0.39, 0.29) is 6.61 Å². The van der Waals surface area contributed by atoms with E-state index >= 15 is 0 Å². The molecule has 1 rings (SSSR count). The summed E-state index contributed by atoms with van der Waals surface area (Å²) < 4.78 is 7.33. The fourth-order valence-electron chi connectivity index (χ4n) is 1.47. The van der Waals surface area contributed by atoms with Gasteiger partial charge in [0.25, 0.3) is 0 Å². The standard InChI is InChI=1S/C13H19Br2NO2/c1-3-4-16-7-10-5-11(14)13(12(15)6-10)18-8-9(2)17/h5-6,9,16-17H,3-4,7-8H2,1-2H3. The molecule has 1 atom stereocenters. The molecule has 0 aromatic heterocycles. The van der Waals surface area contributed by atoms with E-state index in [1.165, 1.54) is 5.56 Å². The number of aliphatic hydroxyl groups excluding tert-OH is 1. The van der Waals surface area contributed by atoms with Crippen molar-refractivity contribution in [3.63, 3.8) is 0 Å². The third kappa shape index (κ3) is 5.26. The zero-order valence-corrected chi connectivity index (χ0v) is 13.8. The van der Waals surface area contributed by atoms with Crippen molar-refractivity contribution in [1.82, 2.24) is 5.32 Å². The van der Waals surface area contributed by atoms with Gasteiger partial charge in [0, 0.05) is 6.54 Å². The van der Waals surface area contributed by atoms with Crippen LogP contribution in [0.15, 0.2) is 21.1 Å². The van der Waals surface area contributed by atoms with Crippen molar-refractivity contribution in [2.24, 2.45) is 0 Å². The molecule has 5 heteroatoms. The second-order valence-electron chi connectivity index (χ2n) is 4.23. The van der Waals surface area contributed by atoms with E-state index in [1.54, 1.807) is 6.92 Å². The fourth-order valence-corrected chi connectivity index (χ4v) is 2.98. The summed E-state index contributed by atoms with van der Waals surface area (Å²) >= 11 is 6.99. The van der Waals surface area contributed by atoms with Crippen LogP contribution in [0, 0.1) is 0 Å². The normalized spacial score (nSPS) is 12.5. The third-order valence-corrected chi connectivity index (χ3v) is 3.46. The van der Waals surface area contributed by atoms with Gasteiger partial charge in [-0.05, 0) is 69.4 Å². The van der Waals surface area contributed by atoms with Crippen molar-refractivity contribution in [2.75, 3.05) is 13.2 Å². The first-order valence-corrected chi connectivity index (χ1v) is 7.62. The van der Waals surface area contributed by atoms with Gasteiger partial charge in [0.2, 0.25) is 0 Å². The van der Waals surface area contributed by atoms with Crippen molar-refractivity contribution in [2.45, 2.75) is 32.9 Å². The molecule has 0 aliphatic rings. The van der Waals surface area contributed by atoms with Crippen LogP contribution >= 0.6 is 31.9 Å². The van der Waals surface area contributed by atoms with Crippen LogP contribution in [-0.4, -0.2) is 24.4 Å². The lowest BCUT2D eigenvalue weighted by atomic mass is 10.2. The minimum atomic E-state index is -0.477. The molecule has 1 unspecified atom stereocenters. The zero-order chi connectivity index (χ0) is 13.5. The molecule has 0 saturated carbocycles. The van der Waals surface area contributed by atoms with Gasteiger partial charge in [0.1, 0.15) is 12.4 Å².